The first-order chi connectivity index (χ1) is 19.3. The maximum absolute atomic E-state index is 15.0. The predicted octanol–water partition coefficient (Wildman–Crippen LogP) is 4.05. The lowest BCUT2D eigenvalue weighted by molar-refractivity contribution is 0.150. The number of alkyl carbamates (subject to hydrolysis) is 1. The molecule has 14 nitrogen and oxygen atoms in total. The van der Waals surface area contributed by atoms with E-state index < -0.39 is 24.4 Å². The van der Waals surface area contributed by atoms with Crippen LogP contribution in [-0.2, 0) is 9.47 Å². The third kappa shape index (κ3) is 6.43. The normalized spacial score (nSPS) is 18.1. The standard InChI is InChI=1S/C24H26ClFN10O4.CH4/c1-39-23(37)30-13-7-17(19(25)18(8-13)35-6-5-16(15(26)11-35)32-24(38)40-2)31-22-33-20(29-12-3-4-12)21-28-10-14(9-27)36(21)34-22;/h7-8,10,12,15-16H,3-6,11H2,1-2H3,(H,30,37)(H,32,38)(H2,29,31,33,34);1H4/t15-,16+;/m0./s1. The maximum Gasteiger partial charge on any atom is 0.411 e. The van der Waals surface area contributed by atoms with Crippen molar-refractivity contribution in [2.24, 2.45) is 0 Å². The van der Waals surface area contributed by atoms with Gasteiger partial charge in [-0.2, -0.15) is 14.8 Å². The average Bonchev–Trinajstić information content (AvgIpc) is 3.66. The average molecular weight is 589 g/mol. The van der Waals surface area contributed by atoms with Crippen molar-refractivity contribution in [1.29, 1.82) is 5.26 Å². The number of carbonyl (C=O) groups is 2. The van der Waals surface area contributed by atoms with Crippen LogP contribution in [-0.4, -0.2) is 77.3 Å². The molecule has 2 amide bonds. The zero-order chi connectivity index (χ0) is 28.4. The van der Waals surface area contributed by atoms with Crippen molar-refractivity contribution >= 4 is 58.3 Å². The number of imidazole rings is 1. The van der Waals surface area contributed by atoms with Crippen molar-refractivity contribution in [2.75, 3.05) is 48.2 Å². The van der Waals surface area contributed by atoms with Crippen LogP contribution in [0.25, 0.3) is 5.65 Å². The van der Waals surface area contributed by atoms with Gasteiger partial charge >= 0.3 is 12.2 Å². The highest BCUT2D eigenvalue weighted by Crippen LogP contribution is 2.39. The molecular formula is C25H30ClFN10O4. The molecule has 0 bridgehead atoms. The number of nitrogens with zero attached hydrogens (tertiary/aromatic N) is 6. The topological polar surface area (TPSA) is 171 Å². The van der Waals surface area contributed by atoms with Crippen molar-refractivity contribution in [3.8, 4) is 6.07 Å². The predicted molar refractivity (Wildman–Crippen MR) is 151 cm³/mol. The fraction of sp³-hybridized carbons (Fsp3) is 0.440. The molecule has 1 aliphatic carbocycles. The molecular weight excluding hydrogens is 559 g/mol. The molecule has 1 saturated carbocycles. The Hall–Kier alpha value is -4.58. The first-order valence-corrected chi connectivity index (χ1v) is 12.8. The van der Waals surface area contributed by atoms with Gasteiger partial charge in [0.15, 0.2) is 17.2 Å². The van der Waals surface area contributed by atoms with Crippen molar-refractivity contribution in [2.45, 2.75) is 44.9 Å². The van der Waals surface area contributed by atoms with Crippen LogP contribution in [0.4, 0.5) is 42.8 Å². The van der Waals surface area contributed by atoms with E-state index in [1.807, 2.05) is 0 Å². The van der Waals surface area contributed by atoms with Gasteiger partial charge in [0.05, 0.1) is 49.4 Å². The SMILES string of the molecule is C.COC(=O)Nc1cc(Nc2nc(NC3CC3)c3ncc(C#N)n3n2)c(Cl)c(N2CC[C@@H](NC(=O)OC)[C@@H](F)C2)c1. The van der Waals surface area contributed by atoms with E-state index in [0.717, 1.165) is 12.8 Å². The number of halogens is 2. The fourth-order valence-electron chi connectivity index (χ4n) is 4.32. The molecule has 2 aromatic heterocycles. The van der Waals surface area contributed by atoms with Gasteiger partial charge in [-0.1, -0.05) is 19.0 Å². The number of alkyl halides is 1. The summed E-state index contributed by atoms with van der Waals surface area (Å²) in [4.78, 5) is 34.1. The minimum Gasteiger partial charge on any atom is -0.453 e. The highest BCUT2D eigenvalue weighted by Gasteiger charge is 2.32. The number of rotatable bonds is 7. The molecule has 1 aliphatic heterocycles. The number of hydrogen-bond donors (Lipinski definition) is 4. The number of benzene rings is 1. The van der Waals surface area contributed by atoms with Crippen molar-refractivity contribution in [3.63, 3.8) is 0 Å². The maximum atomic E-state index is 15.0. The number of methoxy groups -OCH3 is 2. The molecule has 4 N–H and O–H groups in total. The second kappa shape index (κ2) is 12.3. The molecule has 16 heteroatoms. The Morgan fingerprint density at radius 1 is 1.20 bits per heavy atom. The number of ether oxygens (including phenoxy) is 2. The van der Waals surface area contributed by atoms with E-state index in [4.69, 9.17) is 16.3 Å². The molecule has 2 aliphatic rings. The Morgan fingerprint density at radius 2 is 1.95 bits per heavy atom. The van der Waals surface area contributed by atoms with Crippen molar-refractivity contribution in [3.05, 3.63) is 29.0 Å². The third-order valence-corrected chi connectivity index (χ3v) is 6.89. The van der Waals surface area contributed by atoms with E-state index in [0.29, 0.717) is 35.1 Å². The number of amides is 2. The number of nitrogens with one attached hydrogen (secondary N) is 4. The first-order valence-electron chi connectivity index (χ1n) is 12.4. The second-order valence-corrected chi connectivity index (χ2v) is 9.66. The minimum absolute atomic E-state index is 0. The minimum atomic E-state index is -1.41. The largest absolute Gasteiger partial charge is 0.453 e. The Balaban J connectivity index is 0.00000387. The molecule has 0 radical (unpaired) electrons. The van der Waals surface area contributed by atoms with E-state index in [-0.39, 0.29) is 43.1 Å². The van der Waals surface area contributed by atoms with Gasteiger partial charge in [0.25, 0.3) is 0 Å². The van der Waals surface area contributed by atoms with E-state index in [1.165, 1.54) is 24.9 Å². The highest BCUT2D eigenvalue weighted by atomic mass is 35.5. The third-order valence-electron chi connectivity index (χ3n) is 6.50. The summed E-state index contributed by atoms with van der Waals surface area (Å²) in [5, 5.41) is 25.6. The van der Waals surface area contributed by atoms with Gasteiger partial charge in [-0.25, -0.2) is 19.0 Å². The summed E-state index contributed by atoms with van der Waals surface area (Å²) in [6.07, 6.45) is 0.839. The molecule has 218 valence electrons. The van der Waals surface area contributed by atoms with E-state index in [1.54, 1.807) is 17.0 Å². The molecule has 1 saturated heterocycles. The lowest BCUT2D eigenvalue weighted by Crippen LogP contribution is -2.52. The lowest BCUT2D eigenvalue weighted by atomic mass is 10.0. The molecule has 2 atom stereocenters. The van der Waals surface area contributed by atoms with Crippen molar-refractivity contribution < 1.29 is 23.5 Å². The molecule has 3 heterocycles. The van der Waals surface area contributed by atoms with Crippen LogP contribution >= 0.6 is 11.6 Å². The van der Waals surface area contributed by atoms with E-state index in [2.05, 4.69) is 47.1 Å². The Bertz CT molecular complexity index is 1490. The van der Waals surface area contributed by atoms with E-state index >= 15 is 4.39 Å². The van der Waals surface area contributed by atoms with Crippen LogP contribution < -0.4 is 26.2 Å². The van der Waals surface area contributed by atoms with Crippen LogP contribution in [0, 0.1) is 11.3 Å². The summed E-state index contributed by atoms with van der Waals surface area (Å²) in [6.45, 7) is 0.280. The molecule has 1 aromatic carbocycles. The quantitative estimate of drug-likeness (QED) is 0.314. The van der Waals surface area contributed by atoms with Crippen molar-refractivity contribution in [1.82, 2.24) is 24.9 Å². The Labute approximate surface area is 240 Å². The molecule has 0 spiro atoms. The Kier molecular flexibility index (Phi) is 8.82. The van der Waals surface area contributed by atoms with Gasteiger partial charge < -0.3 is 30.3 Å². The molecule has 2 fully saturated rings. The van der Waals surface area contributed by atoms with Crippen LogP contribution in [0.3, 0.4) is 0 Å². The lowest BCUT2D eigenvalue weighted by Gasteiger charge is -2.37. The number of aromatic nitrogens is 4. The summed E-state index contributed by atoms with van der Waals surface area (Å²) in [5.41, 5.74) is 1.67. The van der Waals surface area contributed by atoms with Gasteiger partial charge in [0.2, 0.25) is 5.95 Å². The van der Waals surface area contributed by atoms with Crippen LogP contribution in [0.1, 0.15) is 32.4 Å². The second-order valence-electron chi connectivity index (χ2n) is 9.28. The molecule has 41 heavy (non-hydrogen) atoms. The smallest absolute Gasteiger partial charge is 0.411 e. The number of piperidine rings is 1. The zero-order valence-electron chi connectivity index (χ0n) is 21.6. The number of fused-ring (bicyclic) bond motifs is 1. The summed E-state index contributed by atoms with van der Waals surface area (Å²) in [5.74, 6) is 0.555. The van der Waals surface area contributed by atoms with Gasteiger partial charge in [0, 0.05) is 18.3 Å². The van der Waals surface area contributed by atoms with Gasteiger partial charge in [-0.05, 0) is 31.4 Å². The summed E-state index contributed by atoms with van der Waals surface area (Å²) in [7, 11) is 2.44. The molecule has 3 aromatic rings. The monoisotopic (exact) mass is 588 g/mol. The fourth-order valence-corrected chi connectivity index (χ4v) is 4.59. The summed E-state index contributed by atoms with van der Waals surface area (Å²) < 4.78 is 25.7. The van der Waals surface area contributed by atoms with Crippen LogP contribution in [0.5, 0.6) is 0 Å². The van der Waals surface area contributed by atoms with Crippen LogP contribution in [0.2, 0.25) is 5.02 Å². The van der Waals surface area contributed by atoms with Crippen LogP contribution in [0.15, 0.2) is 18.3 Å². The number of nitriles is 1. The molecule has 5 rings (SSSR count). The summed E-state index contributed by atoms with van der Waals surface area (Å²) in [6, 6.07) is 4.73. The number of hydrogen-bond acceptors (Lipinski definition) is 11. The first kappa shape index (κ1) is 29.4. The Morgan fingerprint density at radius 3 is 2.61 bits per heavy atom. The molecule has 0 unspecified atom stereocenters. The summed E-state index contributed by atoms with van der Waals surface area (Å²) >= 11 is 6.81. The van der Waals surface area contributed by atoms with Gasteiger partial charge in [-0.3, -0.25) is 5.32 Å². The number of anilines is 5. The zero-order valence-corrected chi connectivity index (χ0v) is 22.3. The highest BCUT2D eigenvalue weighted by molar-refractivity contribution is 6.36. The van der Waals surface area contributed by atoms with Gasteiger partial charge in [0.1, 0.15) is 12.2 Å². The number of carbonyl (C=O) groups excluding carboxylic acids is 2. The van der Waals surface area contributed by atoms with E-state index in [9.17, 15) is 14.9 Å². The van der Waals surface area contributed by atoms with Gasteiger partial charge in [-0.15, -0.1) is 5.10 Å².